The van der Waals surface area contributed by atoms with Crippen LogP contribution in [0.5, 0.6) is 0 Å². The predicted octanol–water partition coefficient (Wildman–Crippen LogP) is 6.12. The summed E-state index contributed by atoms with van der Waals surface area (Å²) in [6.07, 6.45) is 2.80. The van der Waals surface area contributed by atoms with Gasteiger partial charge in [0.2, 0.25) is 0 Å². The first-order valence-electron chi connectivity index (χ1n) is 5.59. The second-order valence-electron chi connectivity index (χ2n) is 5.02. The van der Waals surface area contributed by atoms with Crippen molar-refractivity contribution < 1.29 is 0 Å². The van der Waals surface area contributed by atoms with Crippen LogP contribution in [0.2, 0.25) is 0 Å². The SMILES string of the molecule is CC(C)C(C)CC[C@H](C)C(C)C.II. The third kappa shape index (κ3) is 9.99. The zero-order valence-corrected chi connectivity index (χ0v) is 14.8. The molecule has 0 rings (SSSR count). The minimum Gasteiger partial charge on any atom is -0.0625 e. The standard InChI is InChI=1S/C12H26.I2/c1-9(2)11(5)7-8-12(6)10(3)4;1-2/h9-12H,7-8H2,1-6H3;/t11-,12?;/m0./s1. The fourth-order valence-corrected chi connectivity index (χ4v) is 1.19. The van der Waals surface area contributed by atoms with Crippen LogP contribution < -0.4 is 0 Å². The fourth-order valence-electron chi connectivity index (χ4n) is 1.19. The van der Waals surface area contributed by atoms with E-state index < -0.39 is 0 Å². The smallest absolute Gasteiger partial charge is 0 e. The highest BCUT2D eigenvalue weighted by Gasteiger charge is 2.11. The van der Waals surface area contributed by atoms with Crippen molar-refractivity contribution in [1.29, 1.82) is 0 Å². The van der Waals surface area contributed by atoms with Crippen molar-refractivity contribution in [2.24, 2.45) is 23.7 Å². The third-order valence-corrected chi connectivity index (χ3v) is 3.35. The third-order valence-electron chi connectivity index (χ3n) is 3.35. The molecule has 0 radical (unpaired) electrons. The molecule has 0 bridgehead atoms. The van der Waals surface area contributed by atoms with Gasteiger partial charge in [0.15, 0.2) is 0 Å². The van der Waals surface area contributed by atoms with E-state index in [-0.39, 0.29) is 0 Å². The molecule has 0 aliphatic carbocycles. The molecule has 0 nitrogen and oxygen atoms in total. The minimum absolute atomic E-state index is 0.851. The summed E-state index contributed by atoms with van der Waals surface area (Å²) in [6.45, 7) is 14.0. The van der Waals surface area contributed by atoms with Crippen LogP contribution in [0.25, 0.3) is 0 Å². The van der Waals surface area contributed by atoms with Gasteiger partial charge < -0.3 is 0 Å². The zero-order chi connectivity index (χ0) is 11.7. The van der Waals surface area contributed by atoms with E-state index in [4.69, 9.17) is 0 Å². The fraction of sp³-hybridized carbons (Fsp3) is 1.00. The van der Waals surface area contributed by atoms with Gasteiger partial charge in [0.05, 0.1) is 0 Å². The molecule has 0 aliphatic rings. The second kappa shape index (κ2) is 11.0. The van der Waals surface area contributed by atoms with Crippen molar-refractivity contribution in [3.8, 4) is 0 Å². The average Bonchev–Trinajstić information content (AvgIpc) is 2.16. The van der Waals surface area contributed by atoms with Crippen LogP contribution >= 0.6 is 37.2 Å². The average molecular weight is 424 g/mol. The molecule has 2 heteroatoms. The van der Waals surface area contributed by atoms with E-state index >= 15 is 0 Å². The maximum atomic E-state index is 2.37. The van der Waals surface area contributed by atoms with Crippen LogP contribution in [0.4, 0.5) is 0 Å². The number of hydrogen-bond acceptors (Lipinski definition) is 0. The number of rotatable bonds is 5. The highest BCUT2D eigenvalue weighted by molar-refractivity contribution is 15.0. The summed E-state index contributed by atoms with van der Waals surface area (Å²) in [5, 5.41) is 0. The quantitative estimate of drug-likeness (QED) is 0.467. The molecule has 0 heterocycles. The molecule has 0 amide bonds. The van der Waals surface area contributed by atoms with Crippen molar-refractivity contribution in [3.63, 3.8) is 0 Å². The first-order valence-corrected chi connectivity index (χ1v) is 11.9. The van der Waals surface area contributed by atoms with Crippen LogP contribution in [-0.2, 0) is 0 Å². The van der Waals surface area contributed by atoms with Crippen molar-refractivity contribution >= 4 is 37.2 Å². The molecule has 0 fully saturated rings. The Labute approximate surface area is 114 Å². The van der Waals surface area contributed by atoms with E-state index in [1.54, 1.807) is 0 Å². The molecule has 1 unspecified atom stereocenters. The van der Waals surface area contributed by atoms with Crippen LogP contribution in [0.3, 0.4) is 0 Å². The maximum Gasteiger partial charge on any atom is 0 e. The Balaban J connectivity index is 0. The van der Waals surface area contributed by atoms with Gasteiger partial charge in [0.25, 0.3) is 0 Å². The van der Waals surface area contributed by atoms with Gasteiger partial charge in [0.1, 0.15) is 0 Å². The molecule has 88 valence electrons. The highest BCUT2D eigenvalue weighted by Crippen LogP contribution is 2.22. The Bertz CT molecular complexity index is 96.9. The van der Waals surface area contributed by atoms with E-state index in [9.17, 15) is 0 Å². The van der Waals surface area contributed by atoms with Gasteiger partial charge in [-0.25, -0.2) is 0 Å². The van der Waals surface area contributed by atoms with Gasteiger partial charge in [0, 0.05) is 37.2 Å². The summed E-state index contributed by atoms with van der Waals surface area (Å²) in [6, 6.07) is 0. The van der Waals surface area contributed by atoms with Crippen LogP contribution in [0.15, 0.2) is 0 Å². The van der Waals surface area contributed by atoms with E-state index in [0.29, 0.717) is 0 Å². The molecule has 0 N–H and O–H groups in total. The largest absolute Gasteiger partial charge is 0.0625 e. The lowest BCUT2D eigenvalue weighted by molar-refractivity contribution is 0.312. The van der Waals surface area contributed by atoms with E-state index in [2.05, 4.69) is 78.8 Å². The topological polar surface area (TPSA) is 0 Å². The highest BCUT2D eigenvalue weighted by atomic mass is 128. The molecular weight excluding hydrogens is 398 g/mol. The van der Waals surface area contributed by atoms with Gasteiger partial charge in [-0.05, 0) is 23.7 Å². The second-order valence-corrected chi connectivity index (χ2v) is 5.02. The van der Waals surface area contributed by atoms with Crippen molar-refractivity contribution in [1.82, 2.24) is 0 Å². The van der Waals surface area contributed by atoms with E-state index in [0.717, 1.165) is 23.7 Å². The van der Waals surface area contributed by atoms with Gasteiger partial charge >= 0.3 is 0 Å². The molecule has 0 aromatic carbocycles. The normalized spacial score (nSPS) is 15.0. The lowest BCUT2D eigenvalue weighted by atomic mass is 9.86. The monoisotopic (exact) mass is 424 g/mol. The first kappa shape index (κ1) is 17.8. The number of hydrogen-bond donors (Lipinski definition) is 0. The Morgan fingerprint density at radius 3 is 1.00 bits per heavy atom. The van der Waals surface area contributed by atoms with Crippen LogP contribution in [0.1, 0.15) is 54.4 Å². The summed E-state index contributed by atoms with van der Waals surface area (Å²) in [7, 11) is 0. The summed E-state index contributed by atoms with van der Waals surface area (Å²) >= 11 is 4.24. The maximum absolute atomic E-state index is 2.37. The summed E-state index contributed by atoms with van der Waals surface area (Å²) in [4.78, 5) is 0. The molecule has 0 spiro atoms. The van der Waals surface area contributed by atoms with Crippen LogP contribution in [-0.4, -0.2) is 0 Å². The lowest BCUT2D eigenvalue weighted by Gasteiger charge is -2.20. The molecule has 0 aliphatic heterocycles. The first-order chi connectivity index (χ1) is 6.45. The molecule has 0 saturated heterocycles. The summed E-state index contributed by atoms with van der Waals surface area (Å²) in [5.74, 6) is 3.49. The molecule has 0 aromatic rings. The molecular formula is C12H26I2. The predicted molar refractivity (Wildman–Crippen MR) is 85.3 cm³/mol. The molecule has 0 saturated carbocycles. The Morgan fingerprint density at radius 2 is 0.857 bits per heavy atom. The Morgan fingerprint density at radius 1 is 0.643 bits per heavy atom. The van der Waals surface area contributed by atoms with Gasteiger partial charge in [-0.2, -0.15) is 0 Å². The zero-order valence-electron chi connectivity index (χ0n) is 10.5. The van der Waals surface area contributed by atoms with Gasteiger partial charge in [-0.15, -0.1) is 0 Å². The Kier molecular flexibility index (Phi) is 14.0. The van der Waals surface area contributed by atoms with Gasteiger partial charge in [-0.1, -0.05) is 54.4 Å². The van der Waals surface area contributed by atoms with Crippen molar-refractivity contribution in [2.45, 2.75) is 54.4 Å². The van der Waals surface area contributed by atoms with E-state index in [1.165, 1.54) is 12.8 Å². The molecule has 0 aromatic heterocycles. The van der Waals surface area contributed by atoms with Crippen LogP contribution in [0, 0.1) is 23.7 Å². The summed E-state index contributed by atoms with van der Waals surface area (Å²) < 4.78 is 0. The summed E-state index contributed by atoms with van der Waals surface area (Å²) in [5.41, 5.74) is 0. The van der Waals surface area contributed by atoms with E-state index in [1.807, 2.05) is 0 Å². The lowest BCUT2D eigenvalue weighted by Crippen LogP contribution is -2.09. The molecule has 14 heavy (non-hydrogen) atoms. The number of halogens is 2. The Hall–Kier alpha value is 1.46. The van der Waals surface area contributed by atoms with Crippen molar-refractivity contribution in [3.05, 3.63) is 0 Å². The van der Waals surface area contributed by atoms with Gasteiger partial charge in [-0.3, -0.25) is 0 Å². The van der Waals surface area contributed by atoms with Crippen molar-refractivity contribution in [2.75, 3.05) is 0 Å². The minimum atomic E-state index is 0.851. The molecule has 2 atom stereocenters.